The number of unbranched alkanes of at least 4 members (excludes halogenated alkanes) is 1. The lowest BCUT2D eigenvalue weighted by molar-refractivity contribution is -0.144. The zero-order chi connectivity index (χ0) is 39.2. The van der Waals surface area contributed by atoms with Gasteiger partial charge in [-0.15, -0.1) is 0 Å². The predicted octanol–water partition coefficient (Wildman–Crippen LogP) is 4.09. The number of amides is 5. The van der Waals surface area contributed by atoms with Gasteiger partial charge in [0.15, 0.2) is 9.84 Å². The Morgan fingerprint density at radius 2 is 1.60 bits per heavy atom. The first kappa shape index (κ1) is 42.7. The van der Waals surface area contributed by atoms with E-state index in [1.165, 1.54) is 4.90 Å². The standard InChI is InChI=1S/C39H65N5O8S/c1-8-9-13-29(31(45)34(47)40-28-14-15-28)41-33(46)30-23-27(22-26(2)3)24-44(30)35(48)32(37(4,5)6)42-36(49)43-39(16-11-10-12-17-39)25-53(50,51)38(7)18-20-52-21-19-38/h22,27-30,32H,8-21,23-25H2,1-7H3,(H,40,47)(H,41,46)(H2,42,43,49)/t27-,29+,30+,32-/m1/s1. The molecule has 0 radical (unpaired) electrons. The van der Waals surface area contributed by atoms with E-state index in [9.17, 15) is 32.4 Å². The normalized spacial score (nSPS) is 23.9. The number of likely N-dealkylation sites (tertiary alicyclic amines) is 1. The minimum atomic E-state index is -3.63. The van der Waals surface area contributed by atoms with Crippen LogP contribution in [0.5, 0.6) is 0 Å². The zero-order valence-corrected chi connectivity index (χ0v) is 33.9. The Morgan fingerprint density at radius 3 is 2.17 bits per heavy atom. The van der Waals surface area contributed by atoms with Gasteiger partial charge >= 0.3 is 6.03 Å². The van der Waals surface area contributed by atoms with Crippen LogP contribution in [-0.2, 0) is 33.8 Å². The van der Waals surface area contributed by atoms with E-state index in [1.54, 1.807) is 6.92 Å². The minimum absolute atomic E-state index is 0.00606. The number of carbonyl (C=O) groups is 5. The molecule has 4 atom stereocenters. The fourth-order valence-electron chi connectivity index (χ4n) is 7.95. The van der Waals surface area contributed by atoms with Crippen molar-refractivity contribution in [3.8, 4) is 0 Å². The molecular formula is C39H65N5O8S. The lowest BCUT2D eigenvalue weighted by Crippen LogP contribution is -2.64. The fraction of sp³-hybridized carbons (Fsp3) is 0.821. The highest BCUT2D eigenvalue weighted by Crippen LogP contribution is 2.37. The molecule has 0 aromatic carbocycles. The summed E-state index contributed by atoms with van der Waals surface area (Å²) in [5.74, 6) is -2.68. The summed E-state index contributed by atoms with van der Waals surface area (Å²) in [6.45, 7) is 14.1. The van der Waals surface area contributed by atoms with Crippen LogP contribution in [0.3, 0.4) is 0 Å². The van der Waals surface area contributed by atoms with Gasteiger partial charge in [0.05, 0.1) is 22.1 Å². The molecule has 2 saturated carbocycles. The Balaban J connectivity index is 1.55. The van der Waals surface area contributed by atoms with Crippen molar-refractivity contribution >= 4 is 39.4 Å². The molecule has 2 aliphatic heterocycles. The monoisotopic (exact) mass is 763 g/mol. The predicted molar refractivity (Wildman–Crippen MR) is 204 cm³/mol. The van der Waals surface area contributed by atoms with Gasteiger partial charge < -0.3 is 30.9 Å². The third-order valence-corrected chi connectivity index (χ3v) is 14.3. The topological polar surface area (TPSA) is 180 Å². The quantitative estimate of drug-likeness (QED) is 0.142. The molecule has 2 heterocycles. The Bertz CT molecular complexity index is 1480. The number of nitrogens with one attached hydrogen (secondary N) is 4. The van der Waals surface area contributed by atoms with Crippen molar-refractivity contribution < 1.29 is 37.1 Å². The summed E-state index contributed by atoms with van der Waals surface area (Å²) in [5.41, 5.74) is -0.737. The molecule has 53 heavy (non-hydrogen) atoms. The number of Topliss-reactive ketones (excluding diaryl/α,β-unsaturated/α-hetero) is 1. The molecule has 5 amide bonds. The van der Waals surface area contributed by atoms with E-state index >= 15 is 0 Å². The number of nitrogens with zero attached hydrogens (tertiary/aromatic N) is 1. The fourth-order valence-corrected chi connectivity index (χ4v) is 10.2. The highest BCUT2D eigenvalue weighted by atomic mass is 32.2. The molecule has 0 aromatic rings. The molecule has 4 N–H and O–H groups in total. The summed E-state index contributed by atoms with van der Waals surface area (Å²) in [5, 5.41) is 11.5. The molecule has 4 fully saturated rings. The number of ketones is 1. The summed E-state index contributed by atoms with van der Waals surface area (Å²) in [6, 6.07) is -3.64. The molecular weight excluding hydrogens is 699 g/mol. The van der Waals surface area contributed by atoms with Gasteiger partial charge in [0.1, 0.15) is 12.1 Å². The zero-order valence-electron chi connectivity index (χ0n) is 33.1. The second-order valence-corrected chi connectivity index (χ2v) is 20.1. The molecule has 300 valence electrons. The molecule has 14 heteroatoms. The van der Waals surface area contributed by atoms with Crippen LogP contribution in [0.25, 0.3) is 0 Å². The van der Waals surface area contributed by atoms with Gasteiger partial charge in [0.25, 0.3) is 5.91 Å². The van der Waals surface area contributed by atoms with E-state index in [0.29, 0.717) is 58.2 Å². The number of allylic oxidation sites excluding steroid dienone is 1. The van der Waals surface area contributed by atoms with E-state index in [2.05, 4.69) is 21.3 Å². The maximum absolute atomic E-state index is 14.6. The maximum atomic E-state index is 14.6. The first-order valence-electron chi connectivity index (χ1n) is 19.8. The number of hydrogen-bond acceptors (Lipinski definition) is 8. The van der Waals surface area contributed by atoms with E-state index in [-0.39, 0.29) is 24.3 Å². The molecule has 2 saturated heterocycles. The Labute approximate surface area is 316 Å². The SMILES string of the molecule is CCCC[C@H](NC(=O)[C@@H]1C[C@@H](C=C(C)C)CN1C(=O)[C@@H](NC(=O)NC1(CS(=O)(=O)C2(C)CCOCC2)CCCCC1)C(C)(C)C)C(=O)C(=O)NC1CC1. The average Bonchev–Trinajstić information content (AvgIpc) is 3.79. The maximum Gasteiger partial charge on any atom is 0.315 e. The summed E-state index contributed by atoms with van der Waals surface area (Å²) in [4.78, 5) is 70.0. The molecule has 4 rings (SSSR count). The van der Waals surface area contributed by atoms with E-state index in [4.69, 9.17) is 4.74 Å². The van der Waals surface area contributed by atoms with Gasteiger partial charge in [-0.3, -0.25) is 19.2 Å². The highest BCUT2D eigenvalue weighted by Gasteiger charge is 2.49. The van der Waals surface area contributed by atoms with E-state index in [0.717, 1.165) is 44.1 Å². The van der Waals surface area contributed by atoms with Crippen molar-refractivity contribution in [2.45, 2.75) is 166 Å². The van der Waals surface area contributed by atoms with Crippen LogP contribution >= 0.6 is 0 Å². The first-order valence-corrected chi connectivity index (χ1v) is 21.4. The van der Waals surface area contributed by atoms with Crippen molar-refractivity contribution in [3.05, 3.63) is 11.6 Å². The molecule has 2 aliphatic carbocycles. The van der Waals surface area contributed by atoms with Gasteiger partial charge in [-0.25, -0.2) is 13.2 Å². The van der Waals surface area contributed by atoms with Gasteiger partial charge in [-0.1, -0.05) is 71.4 Å². The lowest BCUT2D eigenvalue weighted by Gasteiger charge is -2.42. The van der Waals surface area contributed by atoms with Gasteiger partial charge in [-0.05, 0) is 83.5 Å². The highest BCUT2D eigenvalue weighted by molar-refractivity contribution is 7.92. The number of hydrogen-bond donors (Lipinski definition) is 4. The summed E-state index contributed by atoms with van der Waals surface area (Å²) in [7, 11) is -3.63. The van der Waals surface area contributed by atoms with Crippen LogP contribution in [-0.4, -0.2) is 103 Å². The third-order valence-electron chi connectivity index (χ3n) is 11.4. The van der Waals surface area contributed by atoms with Crippen molar-refractivity contribution in [2.24, 2.45) is 11.3 Å². The second kappa shape index (κ2) is 17.6. The molecule has 4 aliphatic rings. The number of rotatable bonds is 15. The summed E-state index contributed by atoms with van der Waals surface area (Å²) >= 11 is 0. The largest absolute Gasteiger partial charge is 0.381 e. The Morgan fingerprint density at radius 1 is 0.962 bits per heavy atom. The van der Waals surface area contributed by atoms with Crippen LogP contribution in [0, 0.1) is 11.3 Å². The molecule has 0 bridgehead atoms. The van der Waals surface area contributed by atoms with Gasteiger partial charge in [0, 0.05) is 25.8 Å². The lowest BCUT2D eigenvalue weighted by atomic mass is 9.83. The second-order valence-electron chi connectivity index (χ2n) is 17.6. The molecule has 13 nitrogen and oxygen atoms in total. The third kappa shape index (κ3) is 11.3. The van der Waals surface area contributed by atoms with Crippen LogP contribution < -0.4 is 21.3 Å². The average molecular weight is 764 g/mol. The van der Waals surface area contributed by atoms with E-state index in [1.807, 2.05) is 47.6 Å². The number of urea groups is 1. The van der Waals surface area contributed by atoms with E-state index < -0.39 is 73.2 Å². The smallest absolute Gasteiger partial charge is 0.315 e. The van der Waals surface area contributed by atoms with Crippen molar-refractivity contribution in [2.75, 3.05) is 25.5 Å². The number of sulfone groups is 1. The van der Waals surface area contributed by atoms with Crippen LogP contribution in [0.1, 0.15) is 132 Å². The first-order chi connectivity index (χ1) is 24.8. The number of carbonyl (C=O) groups excluding carboxylic acids is 5. The van der Waals surface area contributed by atoms with Gasteiger partial charge in [-0.2, -0.15) is 0 Å². The van der Waals surface area contributed by atoms with Crippen molar-refractivity contribution in [1.82, 2.24) is 26.2 Å². The van der Waals surface area contributed by atoms with Crippen molar-refractivity contribution in [3.63, 3.8) is 0 Å². The Kier molecular flexibility index (Phi) is 14.2. The number of ether oxygens (including phenoxy) is 1. The molecule has 0 spiro atoms. The van der Waals surface area contributed by atoms with Crippen LogP contribution in [0.4, 0.5) is 4.79 Å². The Hall–Kier alpha value is -3.00. The minimum Gasteiger partial charge on any atom is -0.381 e. The van der Waals surface area contributed by atoms with Crippen LogP contribution in [0.15, 0.2) is 11.6 Å². The van der Waals surface area contributed by atoms with Gasteiger partial charge in [0.2, 0.25) is 17.6 Å². The molecule has 0 aromatic heterocycles. The van der Waals surface area contributed by atoms with Crippen LogP contribution in [0.2, 0.25) is 0 Å². The molecule has 0 unspecified atom stereocenters. The summed E-state index contributed by atoms with van der Waals surface area (Å²) < 4.78 is 32.4. The summed E-state index contributed by atoms with van der Waals surface area (Å²) in [6.07, 6.45) is 10.0. The van der Waals surface area contributed by atoms with Crippen molar-refractivity contribution in [1.29, 1.82) is 0 Å².